The van der Waals surface area contributed by atoms with Crippen molar-refractivity contribution in [2.24, 2.45) is 11.7 Å². The van der Waals surface area contributed by atoms with E-state index < -0.39 is 0 Å². The summed E-state index contributed by atoms with van der Waals surface area (Å²) in [7, 11) is 1.85. The molecule has 0 unspecified atom stereocenters. The van der Waals surface area contributed by atoms with Crippen molar-refractivity contribution < 1.29 is 4.79 Å². The van der Waals surface area contributed by atoms with E-state index in [1.165, 1.54) is 0 Å². The Morgan fingerprint density at radius 2 is 2.00 bits per heavy atom. The van der Waals surface area contributed by atoms with E-state index in [1.807, 2.05) is 14.0 Å². The van der Waals surface area contributed by atoms with Crippen molar-refractivity contribution in [2.75, 3.05) is 13.6 Å². The largest absolute Gasteiger partial charge is 0.346 e. The molecule has 14 heavy (non-hydrogen) atoms. The average molecular weight is 200 g/mol. The summed E-state index contributed by atoms with van der Waals surface area (Å²) in [6.07, 6.45) is 2.45. The van der Waals surface area contributed by atoms with Crippen molar-refractivity contribution in [3.8, 4) is 0 Å². The van der Waals surface area contributed by atoms with Crippen LogP contribution in [0.25, 0.3) is 0 Å². The van der Waals surface area contributed by atoms with Gasteiger partial charge in [-0.1, -0.05) is 20.8 Å². The number of nitrogens with zero attached hydrogens (tertiary/aromatic N) is 1. The van der Waals surface area contributed by atoms with Gasteiger partial charge < -0.3 is 10.6 Å². The fourth-order valence-electron chi connectivity index (χ4n) is 1.21. The molecule has 0 saturated carbocycles. The Morgan fingerprint density at radius 1 is 1.43 bits per heavy atom. The van der Waals surface area contributed by atoms with Crippen LogP contribution in [0.1, 0.15) is 40.0 Å². The fraction of sp³-hybridized carbons (Fsp3) is 0.909. The number of hydrogen-bond donors (Lipinski definition) is 1. The van der Waals surface area contributed by atoms with Gasteiger partial charge in [-0.25, -0.2) is 0 Å². The molecule has 0 aliphatic heterocycles. The van der Waals surface area contributed by atoms with Gasteiger partial charge in [-0.05, 0) is 18.8 Å². The van der Waals surface area contributed by atoms with Gasteiger partial charge in [0.05, 0.1) is 0 Å². The highest BCUT2D eigenvalue weighted by Crippen LogP contribution is 2.04. The molecule has 1 amide bonds. The molecule has 0 aliphatic rings. The first kappa shape index (κ1) is 13.4. The third-order valence-electron chi connectivity index (χ3n) is 2.54. The second kappa shape index (κ2) is 6.82. The molecule has 0 aromatic carbocycles. The molecule has 0 aromatic rings. The van der Waals surface area contributed by atoms with Crippen molar-refractivity contribution in [2.45, 2.75) is 46.1 Å². The molecule has 0 bridgehead atoms. The lowest BCUT2D eigenvalue weighted by Gasteiger charge is -2.21. The molecule has 0 radical (unpaired) electrons. The third kappa shape index (κ3) is 5.22. The van der Waals surface area contributed by atoms with Crippen LogP contribution in [0.2, 0.25) is 0 Å². The summed E-state index contributed by atoms with van der Waals surface area (Å²) in [5, 5.41) is 0. The molecule has 0 aliphatic carbocycles. The van der Waals surface area contributed by atoms with Crippen molar-refractivity contribution in [1.82, 2.24) is 4.90 Å². The van der Waals surface area contributed by atoms with Crippen molar-refractivity contribution in [3.05, 3.63) is 0 Å². The minimum Gasteiger partial charge on any atom is -0.346 e. The Morgan fingerprint density at radius 3 is 2.43 bits per heavy atom. The van der Waals surface area contributed by atoms with Crippen LogP contribution in [-0.4, -0.2) is 30.4 Å². The summed E-state index contributed by atoms with van der Waals surface area (Å²) in [5.74, 6) is 0.716. The lowest BCUT2D eigenvalue weighted by Crippen LogP contribution is -2.34. The van der Waals surface area contributed by atoms with Crippen LogP contribution in [0, 0.1) is 5.92 Å². The topological polar surface area (TPSA) is 46.3 Å². The van der Waals surface area contributed by atoms with Crippen LogP contribution in [0.15, 0.2) is 0 Å². The van der Waals surface area contributed by atoms with E-state index in [0.717, 1.165) is 19.4 Å². The highest BCUT2D eigenvalue weighted by Gasteiger charge is 2.11. The van der Waals surface area contributed by atoms with Crippen molar-refractivity contribution in [3.63, 3.8) is 0 Å². The number of rotatable bonds is 6. The standard InChI is InChI=1S/C11H24N2O/c1-5-6-11(14)13(4)8-7-10(12)9(2)3/h9-10H,5-8,12H2,1-4H3/t10-/m0/s1. The summed E-state index contributed by atoms with van der Waals surface area (Å²) in [4.78, 5) is 13.2. The molecule has 1 atom stereocenters. The van der Waals surface area contributed by atoms with Gasteiger partial charge in [-0.3, -0.25) is 4.79 Å². The molecule has 0 saturated heterocycles. The van der Waals surface area contributed by atoms with E-state index in [4.69, 9.17) is 5.73 Å². The van der Waals surface area contributed by atoms with E-state index in [9.17, 15) is 4.79 Å². The first-order valence-corrected chi connectivity index (χ1v) is 5.48. The highest BCUT2D eigenvalue weighted by atomic mass is 16.2. The molecule has 3 nitrogen and oxygen atoms in total. The van der Waals surface area contributed by atoms with E-state index in [2.05, 4.69) is 13.8 Å². The maximum atomic E-state index is 11.4. The molecule has 0 spiro atoms. The molecule has 2 N–H and O–H groups in total. The van der Waals surface area contributed by atoms with Gasteiger partial charge in [0.15, 0.2) is 0 Å². The van der Waals surface area contributed by atoms with Gasteiger partial charge in [0.1, 0.15) is 0 Å². The minimum absolute atomic E-state index is 0.201. The number of hydrogen-bond acceptors (Lipinski definition) is 2. The summed E-state index contributed by atoms with van der Waals surface area (Å²) >= 11 is 0. The van der Waals surface area contributed by atoms with Crippen LogP contribution in [0.5, 0.6) is 0 Å². The summed E-state index contributed by atoms with van der Waals surface area (Å²) in [6.45, 7) is 7.01. The van der Waals surface area contributed by atoms with Gasteiger partial charge >= 0.3 is 0 Å². The molecular weight excluding hydrogens is 176 g/mol. The first-order valence-electron chi connectivity index (χ1n) is 5.48. The van der Waals surface area contributed by atoms with E-state index >= 15 is 0 Å². The first-order chi connectivity index (χ1) is 6.49. The summed E-state index contributed by atoms with van der Waals surface area (Å²) in [5.41, 5.74) is 5.90. The lowest BCUT2D eigenvalue weighted by molar-refractivity contribution is -0.130. The number of carbonyl (C=O) groups excluding carboxylic acids is 1. The smallest absolute Gasteiger partial charge is 0.222 e. The zero-order chi connectivity index (χ0) is 11.1. The Kier molecular flexibility index (Phi) is 6.54. The van der Waals surface area contributed by atoms with Crippen LogP contribution in [-0.2, 0) is 4.79 Å². The third-order valence-corrected chi connectivity index (χ3v) is 2.54. The number of amides is 1. The SMILES string of the molecule is CCCC(=O)N(C)CC[C@H](N)C(C)C. The van der Waals surface area contributed by atoms with E-state index in [0.29, 0.717) is 12.3 Å². The Bertz CT molecular complexity index is 169. The second-order valence-electron chi connectivity index (χ2n) is 4.26. The molecule has 0 aromatic heterocycles. The summed E-state index contributed by atoms with van der Waals surface area (Å²) < 4.78 is 0. The van der Waals surface area contributed by atoms with Crippen LogP contribution in [0.3, 0.4) is 0 Å². The molecular formula is C11H24N2O. The monoisotopic (exact) mass is 200 g/mol. The van der Waals surface area contributed by atoms with Crippen molar-refractivity contribution >= 4 is 5.91 Å². The lowest BCUT2D eigenvalue weighted by atomic mass is 10.0. The molecule has 0 fully saturated rings. The van der Waals surface area contributed by atoms with E-state index in [-0.39, 0.29) is 11.9 Å². The fourth-order valence-corrected chi connectivity index (χ4v) is 1.21. The number of nitrogens with two attached hydrogens (primary N) is 1. The van der Waals surface area contributed by atoms with Crippen LogP contribution < -0.4 is 5.73 Å². The van der Waals surface area contributed by atoms with Crippen molar-refractivity contribution in [1.29, 1.82) is 0 Å². The predicted molar refractivity (Wildman–Crippen MR) is 60.0 cm³/mol. The zero-order valence-electron chi connectivity index (χ0n) is 9.92. The van der Waals surface area contributed by atoms with Crippen LogP contribution >= 0.6 is 0 Å². The molecule has 84 valence electrons. The average Bonchev–Trinajstić information content (AvgIpc) is 2.13. The molecule has 0 heterocycles. The van der Waals surface area contributed by atoms with Gasteiger partial charge in [0.2, 0.25) is 5.91 Å². The van der Waals surface area contributed by atoms with Gasteiger partial charge in [-0.15, -0.1) is 0 Å². The quantitative estimate of drug-likeness (QED) is 0.708. The Balaban J connectivity index is 3.72. The second-order valence-corrected chi connectivity index (χ2v) is 4.26. The minimum atomic E-state index is 0.201. The molecule has 3 heteroatoms. The van der Waals surface area contributed by atoms with Gasteiger partial charge in [0.25, 0.3) is 0 Å². The van der Waals surface area contributed by atoms with Gasteiger partial charge in [-0.2, -0.15) is 0 Å². The maximum absolute atomic E-state index is 11.4. The van der Waals surface area contributed by atoms with Gasteiger partial charge in [0, 0.05) is 26.1 Å². The Labute approximate surface area is 87.6 Å². The predicted octanol–water partition coefficient (Wildman–Crippen LogP) is 1.62. The Hall–Kier alpha value is -0.570. The molecule has 0 rings (SSSR count). The highest BCUT2D eigenvalue weighted by molar-refractivity contribution is 5.75. The zero-order valence-corrected chi connectivity index (χ0v) is 9.92. The normalized spacial score (nSPS) is 13.0. The maximum Gasteiger partial charge on any atom is 0.222 e. The number of carbonyl (C=O) groups is 1. The summed E-state index contributed by atoms with van der Waals surface area (Å²) in [6, 6.07) is 0.201. The van der Waals surface area contributed by atoms with E-state index in [1.54, 1.807) is 4.90 Å². The van der Waals surface area contributed by atoms with Crippen LogP contribution in [0.4, 0.5) is 0 Å².